The van der Waals surface area contributed by atoms with Crippen LogP contribution in [0.15, 0.2) is 42.5 Å². The van der Waals surface area contributed by atoms with Crippen molar-refractivity contribution in [1.82, 2.24) is 0 Å². The van der Waals surface area contributed by atoms with Crippen LogP contribution < -0.4 is 19.5 Å². The van der Waals surface area contributed by atoms with Crippen LogP contribution in [0.1, 0.15) is 24.2 Å². The number of amides is 1. The number of benzene rings is 2. The maximum Gasteiger partial charge on any atom is 0.338 e. The van der Waals surface area contributed by atoms with Gasteiger partial charge in [-0.3, -0.25) is 4.79 Å². The molecule has 7 heteroatoms. The van der Waals surface area contributed by atoms with Crippen molar-refractivity contribution in [3.8, 4) is 17.2 Å². The molecule has 0 aliphatic carbocycles. The highest BCUT2D eigenvalue weighted by Crippen LogP contribution is 2.29. The van der Waals surface area contributed by atoms with Crippen molar-refractivity contribution in [2.75, 3.05) is 26.1 Å². The van der Waals surface area contributed by atoms with E-state index in [0.717, 1.165) is 0 Å². The van der Waals surface area contributed by atoms with E-state index in [9.17, 15) is 9.59 Å². The van der Waals surface area contributed by atoms with Gasteiger partial charge in [0, 0.05) is 11.8 Å². The third kappa shape index (κ3) is 5.91. The second-order valence-electron chi connectivity index (χ2n) is 5.89. The lowest BCUT2D eigenvalue weighted by atomic mass is 10.2. The van der Waals surface area contributed by atoms with E-state index in [-0.39, 0.29) is 6.10 Å². The lowest BCUT2D eigenvalue weighted by Gasteiger charge is -2.11. The Morgan fingerprint density at radius 3 is 2.22 bits per heavy atom. The highest BCUT2D eigenvalue weighted by Gasteiger charge is 2.12. The van der Waals surface area contributed by atoms with E-state index in [1.165, 1.54) is 14.2 Å². The van der Waals surface area contributed by atoms with Gasteiger partial charge in [0.1, 0.15) is 5.75 Å². The fraction of sp³-hybridized carbons (Fsp3) is 0.300. The van der Waals surface area contributed by atoms with Crippen molar-refractivity contribution >= 4 is 17.6 Å². The van der Waals surface area contributed by atoms with E-state index < -0.39 is 18.5 Å². The Morgan fingerprint density at radius 2 is 1.63 bits per heavy atom. The van der Waals surface area contributed by atoms with Crippen LogP contribution in [-0.2, 0) is 9.53 Å². The zero-order valence-corrected chi connectivity index (χ0v) is 15.8. The summed E-state index contributed by atoms with van der Waals surface area (Å²) in [6, 6.07) is 11.5. The van der Waals surface area contributed by atoms with E-state index in [0.29, 0.717) is 28.5 Å². The molecule has 2 aromatic carbocycles. The third-order valence-corrected chi connectivity index (χ3v) is 3.46. The molecular weight excluding hydrogens is 350 g/mol. The third-order valence-electron chi connectivity index (χ3n) is 3.46. The number of methoxy groups -OCH3 is 2. The second kappa shape index (κ2) is 9.47. The van der Waals surface area contributed by atoms with Gasteiger partial charge in [-0.25, -0.2) is 4.79 Å². The molecule has 0 radical (unpaired) electrons. The summed E-state index contributed by atoms with van der Waals surface area (Å²) in [7, 11) is 3.03. The smallest absolute Gasteiger partial charge is 0.338 e. The summed E-state index contributed by atoms with van der Waals surface area (Å²) in [5.41, 5.74) is 0.842. The number of anilines is 1. The Hall–Kier alpha value is -3.22. The molecule has 0 aromatic heterocycles. The van der Waals surface area contributed by atoms with Crippen molar-refractivity contribution in [2.45, 2.75) is 20.0 Å². The molecular formula is C20H23NO6. The fourth-order valence-electron chi connectivity index (χ4n) is 2.27. The molecule has 0 aliphatic rings. The van der Waals surface area contributed by atoms with Gasteiger partial charge in [0.2, 0.25) is 0 Å². The molecule has 0 saturated heterocycles. The van der Waals surface area contributed by atoms with Crippen LogP contribution in [-0.4, -0.2) is 38.8 Å². The van der Waals surface area contributed by atoms with Gasteiger partial charge in [0.25, 0.3) is 5.91 Å². The van der Waals surface area contributed by atoms with E-state index in [1.807, 2.05) is 13.8 Å². The molecule has 0 aliphatic heterocycles. The summed E-state index contributed by atoms with van der Waals surface area (Å²) in [5.74, 6) is 0.638. The van der Waals surface area contributed by atoms with Crippen molar-refractivity contribution in [3.05, 3.63) is 48.0 Å². The van der Waals surface area contributed by atoms with Crippen molar-refractivity contribution in [3.63, 3.8) is 0 Å². The van der Waals surface area contributed by atoms with E-state index in [4.69, 9.17) is 18.9 Å². The van der Waals surface area contributed by atoms with E-state index in [2.05, 4.69) is 5.32 Å². The first kappa shape index (κ1) is 20.1. The van der Waals surface area contributed by atoms with Crippen LogP contribution >= 0.6 is 0 Å². The molecule has 2 rings (SSSR count). The SMILES string of the molecule is COc1ccc(NC(=O)COC(=O)c2ccc(OC(C)C)cc2)cc1OC. The lowest BCUT2D eigenvalue weighted by molar-refractivity contribution is -0.119. The highest BCUT2D eigenvalue weighted by atomic mass is 16.5. The number of hydrogen-bond acceptors (Lipinski definition) is 6. The Bertz CT molecular complexity index is 786. The number of carbonyl (C=O) groups excluding carboxylic acids is 2. The molecule has 2 aromatic rings. The van der Waals surface area contributed by atoms with Gasteiger partial charge >= 0.3 is 5.97 Å². The molecule has 0 saturated carbocycles. The molecule has 144 valence electrons. The standard InChI is InChI=1S/C20H23NO6/c1-13(2)27-16-8-5-14(6-9-16)20(23)26-12-19(22)21-15-7-10-17(24-3)18(11-15)25-4/h5-11,13H,12H2,1-4H3,(H,21,22). The van der Waals surface area contributed by atoms with Gasteiger partial charge in [0.05, 0.1) is 25.9 Å². The summed E-state index contributed by atoms with van der Waals surface area (Å²) in [4.78, 5) is 24.0. The van der Waals surface area contributed by atoms with E-state index in [1.54, 1.807) is 42.5 Å². The zero-order valence-electron chi connectivity index (χ0n) is 15.8. The van der Waals surface area contributed by atoms with Crippen LogP contribution in [0.25, 0.3) is 0 Å². The molecule has 1 amide bonds. The number of esters is 1. The van der Waals surface area contributed by atoms with Crippen LogP contribution in [0, 0.1) is 0 Å². The second-order valence-corrected chi connectivity index (χ2v) is 5.89. The molecule has 0 spiro atoms. The Balaban J connectivity index is 1.88. The van der Waals surface area contributed by atoms with Crippen LogP contribution in [0.2, 0.25) is 0 Å². The van der Waals surface area contributed by atoms with Gasteiger partial charge in [-0.1, -0.05) is 0 Å². The number of rotatable bonds is 8. The first-order chi connectivity index (χ1) is 12.9. The summed E-state index contributed by atoms with van der Waals surface area (Å²) in [5, 5.41) is 2.63. The van der Waals surface area contributed by atoms with Gasteiger partial charge < -0.3 is 24.3 Å². The van der Waals surface area contributed by atoms with Crippen molar-refractivity contribution < 1.29 is 28.5 Å². The zero-order chi connectivity index (χ0) is 19.8. The molecule has 0 atom stereocenters. The van der Waals surface area contributed by atoms with Crippen LogP contribution in [0.3, 0.4) is 0 Å². The molecule has 0 unspecified atom stereocenters. The molecule has 1 N–H and O–H groups in total. The lowest BCUT2D eigenvalue weighted by Crippen LogP contribution is -2.21. The van der Waals surface area contributed by atoms with Gasteiger partial charge in [-0.15, -0.1) is 0 Å². The predicted molar refractivity (Wildman–Crippen MR) is 101 cm³/mol. The summed E-state index contributed by atoms with van der Waals surface area (Å²) < 4.78 is 20.9. The molecule has 27 heavy (non-hydrogen) atoms. The summed E-state index contributed by atoms with van der Waals surface area (Å²) in [6.45, 7) is 3.43. The Morgan fingerprint density at radius 1 is 0.963 bits per heavy atom. The minimum atomic E-state index is -0.589. The quantitative estimate of drug-likeness (QED) is 0.715. The minimum absolute atomic E-state index is 0.0445. The molecule has 0 fully saturated rings. The maximum absolute atomic E-state index is 12.0. The molecule has 0 bridgehead atoms. The average molecular weight is 373 g/mol. The molecule has 0 heterocycles. The monoisotopic (exact) mass is 373 g/mol. The summed E-state index contributed by atoms with van der Waals surface area (Å²) >= 11 is 0. The highest BCUT2D eigenvalue weighted by molar-refractivity contribution is 5.95. The van der Waals surface area contributed by atoms with Crippen molar-refractivity contribution in [1.29, 1.82) is 0 Å². The normalized spacial score (nSPS) is 10.3. The number of hydrogen-bond donors (Lipinski definition) is 1. The maximum atomic E-state index is 12.0. The fourth-order valence-corrected chi connectivity index (χ4v) is 2.27. The number of ether oxygens (including phenoxy) is 4. The predicted octanol–water partition coefficient (Wildman–Crippen LogP) is 3.29. The van der Waals surface area contributed by atoms with Gasteiger partial charge in [-0.05, 0) is 50.2 Å². The van der Waals surface area contributed by atoms with E-state index >= 15 is 0 Å². The largest absolute Gasteiger partial charge is 0.493 e. The van der Waals surface area contributed by atoms with Crippen LogP contribution in [0.5, 0.6) is 17.2 Å². The van der Waals surface area contributed by atoms with Crippen molar-refractivity contribution in [2.24, 2.45) is 0 Å². The first-order valence-corrected chi connectivity index (χ1v) is 8.38. The topological polar surface area (TPSA) is 83.1 Å². The van der Waals surface area contributed by atoms with Gasteiger partial charge in [-0.2, -0.15) is 0 Å². The first-order valence-electron chi connectivity index (χ1n) is 8.38. The van der Waals surface area contributed by atoms with Gasteiger partial charge in [0.15, 0.2) is 18.1 Å². The Labute approximate surface area is 158 Å². The number of carbonyl (C=O) groups is 2. The minimum Gasteiger partial charge on any atom is -0.493 e. The molecule has 7 nitrogen and oxygen atoms in total. The average Bonchev–Trinajstić information content (AvgIpc) is 2.66. The summed E-state index contributed by atoms with van der Waals surface area (Å²) in [6.07, 6.45) is 0.0445. The van der Waals surface area contributed by atoms with Crippen LogP contribution in [0.4, 0.5) is 5.69 Å². The number of nitrogens with one attached hydrogen (secondary N) is 1. The Kier molecular flexibility index (Phi) is 7.05.